The second-order valence-electron chi connectivity index (χ2n) is 9.60. The number of likely N-dealkylation sites (N-methyl/N-ethyl adjacent to an activating group) is 1. The molecule has 0 radical (unpaired) electrons. The maximum atomic E-state index is 15.3. The van der Waals surface area contributed by atoms with Crippen molar-refractivity contribution in [3.8, 4) is 0 Å². The quantitative estimate of drug-likeness (QED) is 0.592. The van der Waals surface area contributed by atoms with E-state index in [-0.39, 0.29) is 17.8 Å². The normalized spacial score (nSPS) is 19.9. The predicted molar refractivity (Wildman–Crippen MR) is 138 cm³/mol. The molecule has 184 valence electrons. The van der Waals surface area contributed by atoms with Crippen LogP contribution in [-0.2, 0) is 5.41 Å². The molecule has 2 aromatic rings. The first-order valence-electron chi connectivity index (χ1n) is 12.3. The molecule has 8 heteroatoms. The van der Waals surface area contributed by atoms with Crippen LogP contribution >= 0.6 is 0 Å². The van der Waals surface area contributed by atoms with Crippen molar-refractivity contribution < 1.29 is 8.78 Å². The fourth-order valence-corrected chi connectivity index (χ4v) is 5.46. The minimum Gasteiger partial charge on any atom is -0.368 e. The lowest BCUT2D eigenvalue weighted by Gasteiger charge is -2.34. The van der Waals surface area contributed by atoms with E-state index in [1.165, 1.54) is 12.3 Å². The topological polar surface area (TPSA) is 47.3 Å². The lowest BCUT2D eigenvalue weighted by Crippen LogP contribution is -2.44. The Morgan fingerprint density at radius 3 is 2.40 bits per heavy atom. The summed E-state index contributed by atoms with van der Waals surface area (Å²) in [6, 6.07) is 7.13. The summed E-state index contributed by atoms with van der Waals surface area (Å²) in [5.74, 6) is -0.310. The number of allylic oxidation sites excluding steroid dienone is 1. The number of piperazine rings is 1. The number of aliphatic imine (C=N–C) groups is 2. The first kappa shape index (κ1) is 23.6. The number of aromatic nitrogens is 1. The first-order valence-corrected chi connectivity index (χ1v) is 12.3. The van der Waals surface area contributed by atoms with E-state index in [4.69, 9.17) is 0 Å². The minimum atomic E-state index is -0.505. The number of hydrogen-bond acceptors (Lipinski definition) is 6. The second-order valence-corrected chi connectivity index (χ2v) is 9.60. The molecule has 0 unspecified atom stereocenters. The third-order valence-corrected chi connectivity index (χ3v) is 7.80. The molecule has 4 heterocycles. The van der Waals surface area contributed by atoms with E-state index in [1.54, 1.807) is 4.90 Å². The second kappa shape index (κ2) is 9.15. The van der Waals surface area contributed by atoms with Crippen LogP contribution in [0.4, 0.5) is 26.0 Å². The van der Waals surface area contributed by atoms with Crippen molar-refractivity contribution in [1.29, 1.82) is 0 Å². The van der Waals surface area contributed by atoms with Gasteiger partial charge >= 0.3 is 0 Å². The minimum absolute atomic E-state index is 0.169. The molecular weight excluding hydrogens is 446 g/mol. The van der Waals surface area contributed by atoms with Gasteiger partial charge in [0.1, 0.15) is 29.7 Å². The Morgan fingerprint density at radius 2 is 1.77 bits per heavy atom. The van der Waals surface area contributed by atoms with Gasteiger partial charge in [0.05, 0.1) is 11.9 Å². The van der Waals surface area contributed by atoms with Gasteiger partial charge in [-0.2, -0.15) is 0 Å². The first-order chi connectivity index (χ1) is 16.9. The van der Waals surface area contributed by atoms with Crippen LogP contribution in [0.5, 0.6) is 0 Å². The zero-order chi connectivity index (χ0) is 24.7. The summed E-state index contributed by atoms with van der Waals surface area (Å²) < 4.78 is 30.3. The van der Waals surface area contributed by atoms with E-state index in [9.17, 15) is 0 Å². The summed E-state index contributed by atoms with van der Waals surface area (Å²) >= 11 is 0. The number of anilines is 2. The Balaban J connectivity index is 1.37. The molecule has 0 atom stereocenters. The lowest BCUT2D eigenvalue weighted by atomic mass is 9.73. The Labute approximate surface area is 205 Å². The average molecular weight is 479 g/mol. The monoisotopic (exact) mass is 478 g/mol. The Morgan fingerprint density at radius 1 is 1.03 bits per heavy atom. The number of halogens is 2. The average Bonchev–Trinajstić information content (AvgIpc) is 3.16. The van der Waals surface area contributed by atoms with Crippen LogP contribution in [0.25, 0.3) is 0 Å². The zero-order valence-corrected chi connectivity index (χ0v) is 20.9. The molecular formula is C27H32F2N6. The number of pyridine rings is 1. The van der Waals surface area contributed by atoms with Gasteiger partial charge in [0.2, 0.25) is 0 Å². The molecule has 3 aliphatic rings. The highest BCUT2D eigenvalue weighted by Crippen LogP contribution is 2.46. The number of rotatable bonds is 5. The highest BCUT2D eigenvalue weighted by Gasteiger charge is 2.40. The van der Waals surface area contributed by atoms with E-state index in [2.05, 4.69) is 45.7 Å². The highest BCUT2D eigenvalue weighted by molar-refractivity contribution is 6.13. The van der Waals surface area contributed by atoms with E-state index in [0.29, 0.717) is 17.1 Å². The molecule has 0 bridgehead atoms. The van der Waals surface area contributed by atoms with Crippen molar-refractivity contribution in [1.82, 2.24) is 9.88 Å². The largest absolute Gasteiger partial charge is 0.368 e. The van der Waals surface area contributed by atoms with Gasteiger partial charge in [-0.3, -0.25) is 9.98 Å². The van der Waals surface area contributed by atoms with Crippen LogP contribution in [0.2, 0.25) is 0 Å². The molecule has 0 spiro atoms. The van der Waals surface area contributed by atoms with Crippen molar-refractivity contribution in [3.63, 3.8) is 0 Å². The van der Waals surface area contributed by atoms with Gasteiger partial charge in [0.25, 0.3) is 0 Å². The van der Waals surface area contributed by atoms with Crippen LogP contribution in [0.15, 0.2) is 52.5 Å². The SMILES string of the molecule is CCC1(CC)C(C)=Nc2c(F)cc(C3=NCN(c4ccc(N5CCN(C)CC5)cn4)C=C3F)cc21. The Hall–Kier alpha value is -3.13. The van der Waals surface area contributed by atoms with Crippen molar-refractivity contribution in [2.24, 2.45) is 9.98 Å². The highest BCUT2D eigenvalue weighted by atomic mass is 19.1. The molecule has 0 N–H and O–H groups in total. The number of nitrogens with zero attached hydrogens (tertiary/aromatic N) is 6. The van der Waals surface area contributed by atoms with E-state index < -0.39 is 11.6 Å². The molecule has 1 aromatic carbocycles. The third kappa shape index (κ3) is 4.03. The predicted octanol–water partition coefficient (Wildman–Crippen LogP) is 5.21. The third-order valence-electron chi connectivity index (χ3n) is 7.80. The molecule has 0 amide bonds. The van der Waals surface area contributed by atoms with Crippen LogP contribution in [0.3, 0.4) is 0 Å². The van der Waals surface area contributed by atoms with Crippen molar-refractivity contribution >= 4 is 28.6 Å². The van der Waals surface area contributed by atoms with Crippen LogP contribution < -0.4 is 9.80 Å². The standard InChI is InChI=1S/C27H32F2N6/c1-5-27(6-2)18(3)32-26-21(27)13-19(14-22(26)28)25-23(29)16-35(17-31-25)24-8-7-20(15-30-24)34-11-9-33(4)10-12-34/h7-8,13-16H,5-6,9-12,17H2,1-4H3. The molecule has 6 nitrogen and oxygen atoms in total. The van der Waals surface area contributed by atoms with Crippen molar-refractivity contribution in [2.45, 2.75) is 39.0 Å². The van der Waals surface area contributed by atoms with Gasteiger partial charge < -0.3 is 14.7 Å². The van der Waals surface area contributed by atoms with Crippen LogP contribution in [-0.4, -0.2) is 61.2 Å². The summed E-state index contributed by atoms with van der Waals surface area (Å²) in [6.07, 6.45) is 4.85. The molecule has 3 aliphatic heterocycles. The molecule has 1 fully saturated rings. The van der Waals surface area contributed by atoms with Crippen molar-refractivity contribution in [2.75, 3.05) is 49.7 Å². The molecule has 0 aliphatic carbocycles. The fraction of sp³-hybridized carbons (Fsp3) is 0.444. The number of fused-ring (bicyclic) bond motifs is 1. The number of hydrogen-bond donors (Lipinski definition) is 0. The van der Waals surface area contributed by atoms with Gasteiger partial charge in [-0.25, -0.2) is 13.8 Å². The maximum absolute atomic E-state index is 15.3. The molecule has 35 heavy (non-hydrogen) atoms. The maximum Gasteiger partial charge on any atom is 0.165 e. The molecule has 1 saturated heterocycles. The van der Waals surface area contributed by atoms with Gasteiger partial charge in [-0.1, -0.05) is 13.8 Å². The van der Waals surface area contributed by atoms with Gasteiger partial charge in [-0.05, 0) is 56.6 Å². The zero-order valence-electron chi connectivity index (χ0n) is 20.9. The number of benzene rings is 1. The van der Waals surface area contributed by atoms with Gasteiger partial charge in [0.15, 0.2) is 5.83 Å². The van der Waals surface area contributed by atoms with E-state index >= 15 is 8.78 Å². The lowest BCUT2D eigenvalue weighted by molar-refractivity contribution is 0.313. The molecule has 1 aromatic heterocycles. The summed E-state index contributed by atoms with van der Waals surface area (Å²) in [5.41, 5.74) is 3.48. The fourth-order valence-electron chi connectivity index (χ4n) is 5.46. The Bertz CT molecular complexity index is 1200. The van der Waals surface area contributed by atoms with Crippen LogP contribution in [0.1, 0.15) is 44.7 Å². The smallest absolute Gasteiger partial charge is 0.165 e. The Kier molecular flexibility index (Phi) is 6.17. The van der Waals surface area contributed by atoms with E-state index in [1.807, 2.05) is 31.3 Å². The summed E-state index contributed by atoms with van der Waals surface area (Å²) in [4.78, 5) is 19.8. The summed E-state index contributed by atoms with van der Waals surface area (Å²) in [6.45, 7) is 10.3. The van der Waals surface area contributed by atoms with E-state index in [0.717, 1.165) is 56.0 Å². The van der Waals surface area contributed by atoms with Crippen molar-refractivity contribution in [3.05, 3.63) is 59.4 Å². The van der Waals surface area contributed by atoms with Gasteiger partial charge in [0, 0.05) is 49.1 Å². The summed E-state index contributed by atoms with van der Waals surface area (Å²) in [5, 5.41) is 0. The summed E-state index contributed by atoms with van der Waals surface area (Å²) in [7, 11) is 2.13. The van der Waals surface area contributed by atoms with Gasteiger partial charge in [-0.15, -0.1) is 0 Å². The molecule has 0 saturated carbocycles. The van der Waals surface area contributed by atoms with Crippen LogP contribution in [0, 0.1) is 5.82 Å². The molecule has 5 rings (SSSR count).